The van der Waals surface area contributed by atoms with Gasteiger partial charge in [-0.3, -0.25) is 9.69 Å². The Morgan fingerprint density at radius 1 is 1.15 bits per heavy atom. The van der Waals surface area contributed by atoms with Gasteiger partial charge in [-0.05, 0) is 43.9 Å². The van der Waals surface area contributed by atoms with Crippen LogP contribution in [0, 0.1) is 12.8 Å². The zero-order chi connectivity index (χ0) is 18.4. The van der Waals surface area contributed by atoms with E-state index < -0.39 is 0 Å². The smallest absolute Gasteiger partial charge is 0.254 e. The number of aromatic amines is 2. The minimum atomic E-state index is 0.138. The van der Waals surface area contributed by atoms with Gasteiger partial charge >= 0.3 is 0 Å². The highest BCUT2D eigenvalue weighted by Crippen LogP contribution is 2.30. The number of fused-ring (bicyclic) bond motifs is 5. The molecule has 3 aliphatic heterocycles. The largest absolute Gasteiger partial charge is 0.348 e. The first kappa shape index (κ1) is 16.5. The van der Waals surface area contributed by atoms with Crippen LogP contribution >= 0.6 is 0 Å². The van der Waals surface area contributed by atoms with E-state index in [4.69, 9.17) is 0 Å². The average Bonchev–Trinajstić information content (AvgIpc) is 3.20. The van der Waals surface area contributed by atoms with E-state index in [-0.39, 0.29) is 11.9 Å². The van der Waals surface area contributed by atoms with Crippen LogP contribution in [0.4, 0.5) is 0 Å². The Kier molecular flexibility index (Phi) is 3.97. The van der Waals surface area contributed by atoms with Crippen LogP contribution in [0.2, 0.25) is 0 Å². The Bertz CT molecular complexity index is 976. The molecule has 6 rings (SSSR count). The molecule has 0 radical (unpaired) electrons. The van der Waals surface area contributed by atoms with Gasteiger partial charge in [0.1, 0.15) is 0 Å². The van der Waals surface area contributed by atoms with Crippen molar-refractivity contribution < 1.29 is 4.79 Å². The molecule has 5 heterocycles. The third-order valence-corrected chi connectivity index (χ3v) is 6.02. The first-order valence-corrected chi connectivity index (χ1v) is 9.62. The number of benzene rings is 1. The van der Waals surface area contributed by atoms with Gasteiger partial charge in [-0.25, -0.2) is 9.97 Å². The maximum absolute atomic E-state index is 13.2. The van der Waals surface area contributed by atoms with Gasteiger partial charge in [0.15, 0.2) is 0 Å². The quantitative estimate of drug-likeness (QED) is 0.747. The van der Waals surface area contributed by atoms with E-state index in [2.05, 4.69) is 36.7 Å². The predicted octanol–water partition coefficient (Wildman–Crippen LogP) is 2.33. The van der Waals surface area contributed by atoms with Crippen LogP contribution in [0.3, 0.4) is 0 Å². The van der Waals surface area contributed by atoms with Gasteiger partial charge in [-0.2, -0.15) is 0 Å². The lowest BCUT2D eigenvalue weighted by atomic mass is 9.94. The van der Waals surface area contributed by atoms with Crippen molar-refractivity contribution in [1.82, 2.24) is 29.7 Å². The molecule has 2 aromatic heterocycles. The van der Waals surface area contributed by atoms with Crippen molar-refractivity contribution in [2.24, 2.45) is 5.92 Å². The number of amides is 1. The fourth-order valence-corrected chi connectivity index (χ4v) is 4.55. The number of nitrogens with zero attached hydrogens (tertiary/aromatic N) is 4. The summed E-state index contributed by atoms with van der Waals surface area (Å²) in [6, 6.07) is 6.01. The molecule has 3 aromatic rings. The number of aryl methyl sites for hydroxylation is 1. The van der Waals surface area contributed by atoms with Crippen LogP contribution in [-0.4, -0.2) is 61.3 Å². The summed E-state index contributed by atoms with van der Waals surface area (Å²) in [5.74, 6) is 0.668. The van der Waals surface area contributed by atoms with Gasteiger partial charge in [0.2, 0.25) is 0 Å². The number of hydrogen-bond acceptors (Lipinski definition) is 4. The molecule has 3 fully saturated rings. The summed E-state index contributed by atoms with van der Waals surface area (Å²) in [6.07, 6.45) is 5.71. The Morgan fingerprint density at radius 2 is 2.04 bits per heavy atom. The van der Waals surface area contributed by atoms with E-state index in [1.54, 1.807) is 12.7 Å². The summed E-state index contributed by atoms with van der Waals surface area (Å²) in [5.41, 5.74) is 4.79. The van der Waals surface area contributed by atoms with Gasteiger partial charge in [0.05, 0.1) is 29.4 Å². The molecule has 0 spiro atoms. The van der Waals surface area contributed by atoms with Gasteiger partial charge in [0.25, 0.3) is 5.91 Å². The van der Waals surface area contributed by atoms with Crippen molar-refractivity contribution in [3.63, 3.8) is 0 Å². The summed E-state index contributed by atoms with van der Waals surface area (Å²) in [7, 11) is 0. The van der Waals surface area contributed by atoms with Crippen LogP contribution in [0.5, 0.6) is 0 Å². The molecule has 2 N–H and O–H groups in total. The topological polar surface area (TPSA) is 80.9 Å². The van der Waals surface area contributed by atoms with Gasteiger partial charge in [0, 0.05) is 43.5 Å². The maximum atomic E-state index is 13.2. The number of hydrogen-bond donors (Lipinski definition) is 2. The maximum Gasteiger partial charge on any atom is 0.254 e. The first-order chi connectivity index (χ1) is 13.2. The third kappa shape index (κ3) is 3.02. The Hall–Kier alpha value is -2.67. The summed E-state index contributed by atoms with van der Waals surface area (Å²) in [5, 5.41) is 0. The summed E-state index contributed by atoms with van der Waals surface area (Å²) in [4.78, 5) is 32.8. The van der Waals surface area contributed by atoms with Crippen molar-refractivity contribution in [1.29, 1.82) is 0 Å². The van der Waals surface area contributed by atoms with Crippen LogP contribution in [0.25, 0.3) is 11.0 Å². The fourth-order valence-electron chi connectivity index (χ4n) is 4.55. The highest BCUT2D eigenvalue weighted by atomic mass is 16.2. The van der Waals surface area contributed by atoms with Crippen LogP contribution in [0.1, 0.15) is 34.6 Å². The Labute approximate surface area is 157 Å². The van der Waals surface area contributed by atoms with Gasteiger partial charge in [-0.1, -0.05) is 0 Å². The lowest BCUT2D eigenvalue weighted by molar-refractivity contribution is 0.0585. The van der Waals surface area contributed by atoms with E-state index in [1.165, 1.54) is 6.42 Å². The molecule has 1 amide bonds. The van der Waals surface area contributed by atoms with E-state index >= 15 is 0 Å². The zero-order valence-electron chi connectivity index (χ0n) is 15.5. The van der Waals surface area contributed by atoms with Gasteiger partial charge < -0.3 is 14.9 Å². The molecule has 7 heteroatoms. The lowest BCUT2D eigenvalue weighted by Gasteiger charge is -2.36. The minimum Gasteiger partial charge on any atom is -0.348 e. The summed E-state index contributed by atoms with van der Waals surface area (Å²) in [6.45, 7) is 5.72. The SMILES string of the molecule is Cc1[nH]cnc1CN1C[C@H]2CC[C@@H](C1)N(C(=O)c1ccc3nc[nH]c3c1)C2. The predicted molar refractivity (Wildman–Crippen MR) is 102 cm³/mol. The highest BCUT2D eigenvalue weighted by molar-refractivity contribution is 5.97. The van der Waals surface area contributed by atoms with E-state index in [9.17, 15) is 4.79 Å². The first-order valence-electron chi connectivity index (χ1n) is 9.62. The van der Waals surface area contributed by atoms with Crippen molar-refractivity contribution in [3.8, 4) is 0 Å². The number of rotatable bonds is 3. The molecule has 0 aliphatic carbocycles. The minimum absolute atomic E-state index is 0.138. The number of nitrogens with one attached hydrogen (secondary N) is 2. The molecular formula is C20H24N6O. The number of piperidine rings is 1. The second kappa shape index (κ2) is 6.49. The van der Waals surface area contributed by atoms with Crippen molar-refractivity contribution >= 4 is 16.9 Å². The molecule has 3 saturated heterocycles. The molecule has 7 nitrogen and oxygen atoms in total. The van der Waals surface area contributed by atoms with Crippen molar-refractivity contribution in [3.05, 3.63) is 47.8 Å². The molecule has 27 heavy (non-hydrogen) atoms. The third-order valence-electron chi connectivity index (χ3n) is 6.02. The zero-order valence-corrected chi connectivity index (χ0v) is 15.5. The van der Waals surface area contributed by atoms with Crippen molar-refractivity contribution in [2.45, 2.75) is 32.4 Å². The number of aromatic nitrogens is 4. The van der Waals surface area contributed by atoms with Crippen LogP contribution in [-0.2, 0) is 6.54 Å². The second-order valence-corrected chi connectivity index (χ2v) is 7.86. The highest BCUT2D eigenvalue weighted by Gasteiger charge is 2.37. The van der Waals surface area contributed by atoms with E-state index in [0.717, 1.165) is 60.6 Å². The van der Waals surface area contributed by atoms with Gasteiger partial charge in [-0.15, -0.1) is 0 Å². The van der Waals surface area contributed by atoms with E-state index in [0.29, 0.717) is 5.92 Å². The molecule has 140 valence electrons. The molecule has 0 unspecified atom stereocenters. The molecule has 2 bridgehead atoms. The average molecular weight is 364 g/mol. The molecular weight excluding hydrogens is 340 g/mol. The number of imidazole rings is 2. The summed E-state index contributed by atoms with van der Waals surface area (Å²) < 4.78 is 0. The standard InChI is InChI=1S/C20H24N6O/c1-13-19(24-11-21-13)10-25-7-14-2-4-16(9-25)26(8-14)20(27)15-3-5-17-18(6-15)23-12-22-17/h3,5-6,11-12,14,16H,2,4,7-10H2,1H3,(H,21,24)(H,22,23)/t14-,16+/m1/s1. The number of H-pyrrole nitrogens is 2. The van der Waals surface area contributed by atoms with E-state index in [1.807, 2.05) is 18.2 Å². The van der Waals surface area contributed by atoms with Crippen LogP contribution < -0.4 is 0 Å². The van der Waals surface area contributed by atoms with Crippen LogP contribution in [0.15, 0.2) is 30.9 Å². The lowest BCUT2D eigenvalue weighted by Crippen LogP contribution is -2.47. The molecule has 3 aliphatic rings. The Morgan fingerprint density at radius 3 is 2.89 bits per heavy atom. The Balaban J connectivity index is 1.36. The fraction of sp³-hybridized carbons (Fsp3) is 0.450. The summed E-state index contributed by atoms with van der Waals surface area (Å²) >= 11 is 0. The monoisotopic (exact) mass is 364 g/mol. The molecule has 2 atom stereocenters. The van der Waals surface area contributed by atoms with Crippen molar-refractivity contribution in [2.75, 3.05) is 19.6 Å². The molecule has 0 saturated carbocycles. The normalized spacial score (nSPS) is 23.1. The second-order valence-electron chi connectivity index (χ2n) is 7.86. The molecule has 1 aromatic carbocycles. The number of carbonyl (C=O) groups excluding carboxylic acids is 1. The number of carbonyl (C=O) groups is 1.